The highest BCUT2D eigenvalue weighted by Gasteiger charge is 2.52. The van der Waals surface area contributed by atoms with Crippen LogP contribution in [0.4, 0.5) is 4.79 Å². The molecule has 0 aliphatic carbocycles. The van der Waals surface area contributed by atoms with E-state index in [9.17, 15) is 9.90 Å². The molecule has 2 aliphatic rings. The number of hydrogen-bond acceptors (Lipinski definition) is 3. The standard InChI is InChI=1S/C20H22N2O2S/c23-19-18-17(14-25-19)21(12-11-15-7-3-1-4-8-15)20(24)22(18)13-16-9-5-2-6-10-16/h1-10,17-19,23H,11-14H2/t17-,18-,19+/m0/s1. The Hall–Kier alpha value is -1.98. The van der Waals surface area contributed by atoms with E-state index in [0.29, 0.717) is 13.1 Å². The third-order valence-electron chi connectivity index (χ3n) is 5.06. The van der Waals surface area contributed by atoms with Crippen LogP contribution in [0.2, 0.25) is 0 Å². The molecule has 2 aromatic rings. The lowest BCUT2D eigenvalue weighted by molar-refractivity contribution is 0.139. The van der Waals surface area contributed by atoms with Crippen LogP contribution < -0.4 is 0 Å². The summed E-state index contributed by atoms with van der Waals surface area (Å²) in [5.41, 5.74) is 1.84. The van der Waals surface area contributed by atoms with Crippen LogP contribution in [-0.2, 0) is 13.0 Å². The Kier molecular flexibility index (Phi) is 4.68. The summed E-state index contributed by atoms with van der Waals surface area (Å²) in [5.74, 6) is 0.803. The minimum atomic E-state index is -0.501. The van der Waals surface area contributed by atoms with Crippen molar-refractivity contribution in [3.63, 3.8) is 0 Å². The average Bonchev–Trinajstić information content (AvgIpc) is 3.14. The number of aliphatic hydroxyl groups is 1. The molecule has 25 heavy (non-hydrogen) atoms. The number of aliphatic hydroxyl groups excluding tert-OH is 1. The largest absolute Gasteiger partial charge is 0.380 e. The number of hydrogen-bond donors (Lipinski definition) is 1. The molecular formula is C20H22N2O2S. The van der Waals surface area contributed by atoms with Gasteiger partial charge in [0.05, 0.1) is 12.1 Å². The van der Waals surface area contributed by atoms with Gasteiger partial charge in [-0.1, -0.05) is 60.7 Å². The van der Waals surface area contributed by atoms with Gasteiger partial charge < -0.3 is 14.9 Å². The van der Waals surface area contributed by atoms with Crippen LogP contribution in [0.5, 0.6) is 0 Å². The smallest absolute Gasteiger partial charge is 0.321 e. The predicted octanol–water partition coefficient (Wildman–Crippen LogP) is 2.97. The fourth-order valence-electron chi connectivity index (χ4n) is 3.76. The Morgan fingerprint density at radius 2 is 1.60 bits per heavy atom. The van der Waals surface area contributed by atoms with E-state index < -0.39 is 5.44 Å². The van der Waals surface area contributed by atoms with Gasteiger partial charge >= 0.3 is 6.03 Å². The summed E-state index contributed by atoms with van der Waals surface area (Å²) in [6.45, 7) is 1.25. The molecule has 0 radical (unpaired) electrons. The number of urea groups is 1. The number of carbonyl (C=O) groups is 1. The number of carbonyl (C=O) groups excluding carboxylic acids is 1. The first kappa shape index (κ1) is 16.5. The van der Waals surface area contributed by atoms with E-state index in [0.717, 1.165) is 17.7 Å². The first-order valence-corrected chi connectivity index (χ1v) is 9.73. The number of fused-ring (bicyclic) bond motifs is 1. The lowest BCUT2D eigenvalue weighted by atomic mass is 10.1. The SMILES string of the molecule is O=C1N(Cc2ccccc2)[C@@H]2[C@H](O)SC[C@@H]2N1CCc1ccccc1. The van der Waals surface area contributed by atoms with E-state index in [4.69, 9.17) is 0 Å². The number of rotatable bonds is 5. The molecule has 2 fully saturated rings. The van der Waals surface area contributed by atoms with Crippen molar-refractivity contribution in [1.82, 2.24) is 9.80 Å². The lowest BCUT2D eigenvalue weighted by Gasteiger charge is -2.24. The summed E-state index contributed by atoms with van der Waals surface area (Å²) in [6, 6.07) is 20.3. The average molecular weight is 354 g/mol. The van der Waals surface area contributed by atoms with Gasteiger partial charge in [-0.3, -0.25) is 0 Å². The second kappa shape index (κ2) is 7.10. The zero-order valence-corrected chi connectivity index (χ0v) is 14.8. The summed E-state index contributed by atoms with van der Waals surface area (Å²) in [6.07, 6.45) is 0.843. The molecule has 4 rings (SSSR count). The summed E-state index contributed by atoms with van der Waals surface area (Å²) in [5, 5.41) is 10.4. The van der Waals surface area contributed by atoms with Crippen molar-refractivity contribution in [2.24, 2.45) is 0 Å². The zero-order valence-electron chi connectivity index (χ0n) is 14.0. The van der Waals surface area contributed by atoms with Gasteiger partial charge in [0.1, 0.15) is 5.44 Å². The third-order valence-corrected chi connectivity index (χ3v) is 6.21. The highest BCUT2D eigenvalue weighted by molar-refractivity contribution is 8.00. The molecule has 0 spiro atoms. The van der Waals surface area contributed by atoms with Gasteiger partial charge in [0.25, 0.3) is 0 Å². The molecule has 0 unspecified atom stereocenters. The summed E-state index contributed by atoms with van der Waals surface area (Å²) in [7, 11) is 0. The third kappa shape index (κ3) is 3.26. The molecule has 1 N–H and O–H groups in total. The van der Waals surface area contributed by atoms with Crippen molar-refractivity contribution in [3.8, 4) is 0 Å². The molecular weight excluding hydrogens is 332 g/mol. The van der Waals surface area contributed by atoms with E-state index in [-0.39, 0.29) is 18.1 Å². The molecule has 2 heterocycles. The minimum absolute atomic E-state index is 0.0501. The Balaban J connectivity index is 1.51. The van der Waals surface area contributed by atoms with Crippen molar-refractivity contribution in [2.75, 3.05) is 12.3 Å². The van der Waals surface area contributed by atoms with Gasteiger partial charge in [-0.2, -0.15) is 0 Å². The van der Waals surface area contributed by atoms with Crippen LogP contribution in [0.25, 0.3) is 0 Å². The normalized spacial score (nSPS) is 25.5. The van der Waals surface area contributed by atoms with Gasteiger partial charge in [0.2, 0.25) is 0 Å². The molecule has 130 valence electrons. The van der Waals surface area contributed by atoms with E-state index in [2.05, 4.69) is 12.1 Å². The highest BCUT2D eigenvalue weighted by Crippen LogP contribution is 2.38. The molecule has 2 saturated heterocycles. The van der Waals surface area contributed by atoms with Gasteiger partial charge in [-0.15, -0.1) is 11.8 Å². The van der Waals surface area contributed by atoms with Crippen LogP contribution in [0.3, 0.4) is 0 Å². The van der Waals surface area contributed by atoms with Gasteiger partial charge in [0, 0.05) is 18.8 Å². The summed E-state index contributed by atoms with van der Waals surface area (Å²) in [4.78, 5) is 16.8. The second-order valence-corrected chi connectivity index (χ2v) is 7.76. The maximum Gasteiger partial charge on any atom is 0.321 e. The Morgan fingerprint density at radius 1 is 0.960 bits per heavy atom. The van der Waals surface area contributed by atoms with Crippen molar-refractivity contribution in [2.45, 2.75) is 30.5 Å². The van der Waals surface area contributed by atoms with Gasteiger partial charge in [-0.05, 0) is 17.5 Å². The highest BCUT2D eigenvalue weighted by atomic mass is 32.2. The molecule has 2 aromatic carbocycles. The monoisotopic (exact) mass is 354 g/mol. The van der Waals surface area contributed by atoms with E-state index in [1.54, 1.807) is 11.8 Å². The number of benzene rings is 2. The molecule has 2 amide bonds. The molecule has 0 aromatic heterocycles. The van der Waals surface area contributed by atoms with E-state index in [1.807, 2.05) is 58.3 Å². The lowest BCUT2D eigenvalue weighted by Crippen LogP contribution is -2.40. The molecule has 2 aliphatic heterocycles. The van der Waals surface area contributed by atoms with E-state index >= 15 is 0 Å². The molecule has 4 nitrogen and oxygen atoms in total. The quantitative estimate of drug-likeness (QED) is 0.840. The predicted molar refractivity (Wildman–Crippen MR) is 100 cm³/mol. The summed E-state index contributed by atoms with van der Waals surface area (Å²) >= 11 is 1.55. The van der Waals surface area contributed by atoms with Crippen LogP contribution in [-0.4, -0.2) is 50.8 Å². The number of nitrogens with zero attached hydrogens (tertiary/aromatic N) is 2. The molecule has 3 atom stereocenters. The maximum absolute atomic E-state index is 13.0. The van der Waals surface area contributed by atoms with E-state index in [1.165, 1.54) is 5.56 Å². The Bertz CT molecular complexity index is 725. The maximum atomic E-state index is 13.0. The fraction of sp³-hybridized carbons (Fsp3) is 0.350. The second-order valence-electron chi connectivity index (χ2n) is 6.61. The van der Waals surface area contributed by atoms with Crippen molar-refractivity contribution >= 4 is 17.8 Å². The van der Waals surface area contributed by atoms with Crippen LogP contribution in [0, 0.1) is 0 Å². The molecule has 0 bridgehead atoms. The topological polar surface area (TPSA) is 43.8 Å². The Labute approximate surface area is 152 Å². The number of thioether (sulfide) groups is 1. The van der Waals surface area contributed by atoms with Gasteiger partial charge in [0.15, 0.2) is 0 Å². The minimum Gasteiger partial charge on any atom is -0.380 e. The number of amides is 2. The van der Waals surface area contributed by atoms with Crippen LogP contribution >= 0.6 is 11.8 Å². The first-order valence-electron chi connectivity index (χ1n) is 8.69. The Morgan fingerprint density at radius 3 is 2.28 bits per heavy atom. The van der Waals surface area contributed by atoms with Gasteiger partial charge in [-0.25, -0.2) is 4.79 Å². The van der Waals surface area contributed by atoms with Crippen molar-refractivity contribution in [1.29, 1.82) is 0 Å². The van der Waals surface area contributed by atoms with Crippen molar-refractivity contribution < 1.29 is 9.90 Å². The van der Waals surface area contributed by atoms with Crippen molar-refractivity contribution in [3.05, 3.63) is 71.8 Å². The summed E-state index contributed by atoms with van der Waals surface area (Å²) < 4.78 is 0. The molecule has 0 saturated carbocycles. The molecule has 5 heteroatoms. The zero-order chi connectivity index (χ0) is 17.2. The fourth-order valence-corrected chi connectivity index (χ4v) is 5.06. The van der Waals surface area contributed by atoms with Crippen LogP contribution in [0.15, 0.2) is 60.7 Å². The first-order chi connectivity index (χ1) is 12.2. The van der Waals surface area contributed by atoms with Crippen LogP contribution in [0.1, 0.15) is 11.1 Å².